The molecule has 0 aliphatic carbocycles. The van der Waals surface area contributed by atoms with E-state index in [0.717, 1.165) is 48.2 Å². The summed E-state index contributed by atoms with van der Waals surface area (Å²) in [6, 6.07) is 14.8. The van der Waals surface area contributed by atoms with Crippen LogP contribution in [0.3, 0.4) is 0 Å². The van der Waals surface area contributed by atoms with E-state index in [0.29, 0.717) is 5.92 Å². The molecule has 2 aromatic heterocycles. The highest BCUT2D eigenvalue weighted by Crippen LogP contribution is 2.31. The van der Waals surface area contributed by atoms with Gasteiger partial charge in [-0.2, -0.15) is 4.52 Å². The summed E-state index contributed by atoms with van der Waals surface area (Å²) in [5, 5.41) is 9.06. The molecule has 1 aliphatic heterocycles. The standard InChI is InChI=1S/C22H23N5O2S/c1-15(2)16-9-11-17(12-10-16)30(28,29)22-21-23-20(26-13-5-6-14-26)18-7-3-4-8-19(18)27(21)25-24-22/h3-4,7-12,15H,5-6,13-14H2,1-2H3. The Bertz CT molecular complexity index is 1340. The Labute approximate surface area is 175 Å². The molecule has 3 heterocycles. The van der Waals surface area contributed by atoms with E-state index in [1.807, 2.05) is 36.4 Å². The van der Waals surface area contributed by atoms with Crippen LogP contribution in [-0.2, 0) is 9.84 Å². The van der Waals surface area contributed by atoms with Crippen molar-refractivity contribution in [1.82, 2.24) is 19.8 Å². The van der Waals surface area contributed by atoms with Crippen LogP contribution in [-0.4, -0.2) is 41.3 Å². The van der Waals surface area contributed by atoms with Crippen LogP contribution >= 0.6 is 0 Å². The first-order chi connectivity index (χ1) is 14.5. The Kier molecular flexibility index (Phi) is 4.47. The number of aromatic nitrogens is 4. The summed E-state index contributed by atoms with van der Waals surface area (Å²) < 4.78 is 28.3. The van der Waals surface area contributed by atoms with Crippen molar-refractivity contribution < 1.29 is 8.42 Å². The van der Waals surface area contributed by atoms with Gasteiger partial charge in [-0.3, -0.25) is 0 Å². The molecule has 154 valence electrons. The van der Waals surface area contributed by atoms with Gasteiger partial charge in [0.2, 0.25) is 14.9 Å². The van der Waals surface area contributed by atoms with Gasteiger partial charge in [-0.25, -0.2) is 13.4 Å². The predicted molar refractivity (Wildman–Crippen MR) is 116 cm³/mol. The summed E-state index contributed by atoms with van der Waals surface area (Å²) in [6.07, 6.45) is 2.21. The lowest BCUT2D eigenvalue weighted by Gasteiger charge is -2.18. The number of anilines is 1. The molecule has 0 atom stereocenters. The van der Waals surface area contributed by atoms with Crippen LogP contribution in [0.5, 0.6) is 0 Å². The Hall–Kier alpha value is -3.00. The summed E-state index contributed by atoms with van der Waals surface area (Å²) in [4.78, 5) is 7.18. The minimum absolute atomic E-state index is 0.106. The first-order valence-electron chi connectivity index (χ1n) is 10.2. The molecule has 7 nitrogen and oxygen atoms in total. The monoisotopic (exact) mass is 421 g/mol. The maximum Gasteiger partial charge on any atom is 0.229 e. The second-order valence-corrected chi connectivity index (χ2v) is 9.87. The smallest absolute Gasteiger partial charge is 0.229 e. The highest BCUT2D eigenvalue weighted by atomic mass is 32.2. The average molecular weight is 422 g/mol. The third kappa shape index (κ3) is 2.94. The van der Waals surface area contributed by atoms with Gasteiger partial charge in [0.05, 0.1) is 10.4 Å². The van der Waals surface area contributed by atoms with E-state index in [9.17, 15) is 8.42 Å². The molecule has 0 saturated carbocycles. The van der Waals surface area contributed by atoms with E-state index in [1.165, 1.54) is 4.52 Å². The van der Waals surface area contributed by atoms with Crippen molar-refractivity contribution in [2.75, 3.05) is 18.0 Å². The molecule has 0 radical (unpaired) electrons. The third-order valence-electron chi connectivity index (χ3n) is 5.72. The van der Waals surface area contributed by atoms with Gasteiger partial charge in [0.1, 0.15) is 5.82 Å². The molecule has 0 amide bonds. The number of rotatable bonds is 4. The number of fused-ring (bicyclic) bond motifs is 3. The Morgan fingerprint density at radius 3 is 2.37 bits per heavy atom. The van der Waals surface area contributed by atoms with Crippen LogP contribution < -0.4 is 4.90 Å². The first-order valence-corrected chi connectivity index (χ1v) is 11.7. The van der Waals surface area contributed by atoms with E-state index < -0.39 is 9.84 Å². The van der Waals surface area contributed by atoms with Crippen LogP contribution in [0, 0.1) is 0 Å². The molecule has 30 heavy (non-hydrogen) atoms. The van der Waals surface area contributed by atoms with Crippen molar-refractivity contribution in [2.45, 2.75) is 42.5 Å². The van der Waals surface area contributed by atoms with Crippen LogP contribution in [0.4, 0.5) is 5.82 Å². The molecule has 2 aromatic carbocycles. The lowest BCUT2D eigenvalue weighted by Crippen LogP contribution is -2.20. The number of benzene rings is 2. The Morgan fingerprint density at radius 2 is 1.67 bits per heavy atom. The van der Waals surface area contributed by atoms with E-state index >= 15 is 0 Å². The van der Waals surface area contributed by atoms with Crippen molar-refractivity contribution in [3.05, 3.63) is 54.1 Å². The van der Waals surface area contributed by atoms with Gasteiger partial charge in [0, 0.05) is 18.5 Å². The highest BCUT2D eigenvalue weighted by molar-refractivity contribution is 7.91. The van der Waals surface area contributed by atoms with Gasteiger partial charge in [-0.05, 0) is 48.6 Å². The maximum atomic E-state index is 13.4. The molecule has 5 rings (SSSR count). The van der Waals surface area contributed by atoms with Gasteiger partial charge in [0.15, 0.2) is 5.65 Å². The minimum Gasteiger partial charge on any atom is -0.356 e. The zero-order chi connectivity index (χ0) is 20.9. The van der Waals surface area contributed by atoms with E-state index in [-0.39, 0.29) is 15.6 Å². The fraction of sp³-hybridized carbons (Fsp3) is 0.318. The second-order valence-electron chi connectivity index (χ2n) is 8.00. The molecule has 0 N–H and O–H groups in total. The van der Waals surface area contributed by atoms with Crippen molar-refractivity contribution in [3.8, 4) is 0 Å². The normalized spacial score (nSPS) is 15.0. The lowest BCUT2D eigenvalue weighted by molar-refractivity contribution is 0.592. The van der Waals surface area contributed by atoms with E-state index in [4.69, 9.17) is 4.98 Å². The fourth-order valence-corrected chi connectivity index (χ4v) is 5.25. The summed E-state index contributed by atoms with van der Waals surface area (Å²) in [5.41, 5.74) is 2.15. The molecule has 1 fully saturated rings. The number of hydrogen-bond acceptors (Lipinski definition) is 6. The van der Waals surface area contributed by atoms with Crippen LogP contribution in [0.1, 0.15) is 38.2 Å². The van der Waals surface area contributed by atoms with Crippen molar-refractivity contribution in [2.24, 2.45) is 0 Å². The van der Waals surface area contributed by atoms with Crippen LogP contribution in [0.2, 0.25) is 0 Å². The molecular weight excluding hydrogens is 398 g/mol. The average Bonchev–Trinajstić information content (AvgIpc) is 3.43. The van der Waals surface area contributed by atoms with E-state index in [1.54, 1.807) is 12.1 Å². The molecule has 4 aromatic rings. The number of sulfone groups is 1. The molecular formula is C22H23N5O2S. The molecule has 0 spiro atoms. The predicted octanol–water partition coefficient (Wildman–Crippen LogP) is 3.83. The van der Waals surface area contributed by atoms with Crippen molar-refractivity contribution in [1.29, 1.82) is 0 Å². The summed E-state index contributed by atoms with van der Waals surface area (Å²) in [7, 11) is -3.85. The first kappa shape index (κ1) is 19.0. The number of para-hydroxylation sites is 1. The fourth-order valence-electron chi connectivity index (χ4n) is 4.02. The zero-order valence-electron chi connectivity index (χ0n) is 17.0. The summed E-state index contributed by atoms with van der Waals surface area (Å²) >= 11 is 0. The topological polar surface area (TPSA) is 80.5 Å². The van der Waals surface area contributed by atoms with Crippen LogP contribution in [0.25, 0.3) is 16.6 Å². The number of hydrogen-bond donors (Lipinski definition) is 0. The summed E-state index contributed by atoms with van der Waals surface area (Å²) in [6.45, 7) is 5.97. The van der Waals surface area contributed by atoms with Crippen LogP contribution in [0.15, 0.2) is 58.5 Å². The van der Waals surface area contributed by atoms with Gasteiger partial charge in [-0.1, -0.05) is 43.3 Å². The maximum absolute atomic E-state index is 13.4. The largest absolute Gasteiger partial charge is 0.356 e. The highest BCUT2D eigenvalue weighted by Gasteiger charge is 2.28. The summed E-state index contributed by atoms with van der Waals surface area (Å²) in [5.74, 6) is 1.12. The Balaban J connectivity index is 1.72. The van der Waals surface area contributed by atoms with Crippen molar-refractivity contribution >= 4 is 32.2 Å². The molecule has 8 heteroatoms. The third-order valence-corrected chi connectivity index (χ3v) is 7.39. The quantitative estimate of drug-likeness (QED) is 0.498. The minimum atomic E-state index is -3.85. The SMILES string of the molecule is CC(C)c1ccc(S(=O)(=O)c2nnn3c2nc(N2CCCC2)c2ccccc23)cc1. The molecule has 0 unspecified atom stereocenters. The van der Waals surface area contributed by atoms with Gasteiger partial charge >= 0.3 is 0 Å². The zero-order valence-corrected chi connectivity index (χ0v) is 17.8. The molecule has 1 saturated heterocycles. The van der Waals surface area contributed by atoms with Gasteiger partial charge in [0.25, 0.3) is 0 Å². The van der Waals surface area contributed by atoms with Crippen molar-refractivity contribution in [3.63, 3.8) is 0 Å². The molecule has 0 bridgehead atoms. The molecule has 1 aliphatic rings. The van der Waals surface area contributed by atoms with Gasteiger partial charge in [-0.15, -0.1) is 5.10 Å². The number of nitrogens with zero attached hydrogens (tertiary/aromatic N) is 5. The second kappa shape index (κ2) is 7.05. The van der Waals surface area contributed by atoms with Gasteiger partial charge < -0.3 is 4.90 Å². The Morgan fingerprint density at radius 1 is 0.967 bits per heavy atom. The lowest BCUT2D eigenvalue weighted by atomic mass is 10.0. The van der Waals surface area contributed by atoms with E-state index in [2.05, 4.69) is 29.1 Å².